The van der Waals surface area contributed by atoms with Crippen LogP contribution in [-0.2, 0) is 0 Å². The molecule has 0 saturated heterocycles. The quantitative estimate of drug-likeness (QED) is 0.713. The standard InChI is InChI=1S/C19H20N2.C2H4/c1-14-18(15-9-11-17(12-10-15)21(2)3)13-19(20-14)16-7-5-4-6-8-16;1-2/h4-12H,13H2,1-3H3;1-2H2. The maximum Gasteiger partial charge on any atom is 0.0523 e. The third-order valence-corrected chi connectivity index (χ3v) is 3.92. The first kappa shape index (κ1) is 16.8. The van der Waals surface area contributed by atoms with E-state index < -0.39 is 0 Å². The largest absolute Gasteiger partial charge is 0.378 e. The van der Waals surface area contributed by atoms with Crippen LogP contribution < -0.4 is 4.90 Å². The lowest BCUT2D eigenvalue weighted by Crippen LogP contribution is -2.08. The molecule has 2 aromatic rings. The Hall–Kier alpha value is -2.61. The zero-order chi connectivity index (χ0) is 16.8. The van der Waals surface area contributed by atoms with E-state index in [0.29, 0.717) is 0 Å². The highest BCUT2D eigenvalue weighted by Gasteiger charge is 2.17. The molecule has 23 heavy (non-hydrogen) atoms. The van der Waals surface area contributed by atoms with Gasteiger partial charge in [-0.05, 0) is 35.8 Å². The van der Waals surface area contributed by atoms with Crippen molar-refractivity contribution in [3.8, 4) is 0 Å². The second kappa shape index (κ2) is 7.59. The summed E-state index contributed by atoms with van der Waals surface area (Å²) >= 11 is 0. The van der Waals surface area contributed by atoms with E-state index in [1.54, 1.807) is 0 Å². The molecule has 2 heteroatoms. The minimum atomic E-state index is 0.914. The molecule has 0 amide bonds. The molecule has 0 bridgehead atoms. The minimum absolute atomic E-state index is 0.914. The molecule has 2 aromatic carbocycles. The fourth-order valence-corrected chi connectivity index (χ4v) is 2.67. The molecule has 1 aliphatic rings. The summed E-state index contributed by atoms with van der Waals surface area (Å²) in [6, 6.07) is 19.1. The summed E-state index contributed by atoms with van der Waals surface area (Å²) in [4.78, 5) is 6.88. The van der Waals surface area contributed by atoms with Crippen LogP contribution in [0.5, 0.6) is 0 Å². The molecular formula is C21H24N2. The van der Waals surface area contributed by atoms with Crippen molar-refractivity contribution in [3.05, 3.63) is 84.6 Å². The Balaban J connectivity index is 0.000000924. The van der Waals surface area contributed by atoms with Crippen molar-refractivity contribution in [1.29, 1.82) is 0 Å². The van der Waals surface area contributed by atoms with E-state index in [1.165, 1.54) is 28.1 Å². The fraction of sp³-hybridized carbons (Fsp3) is 0.190. The summed E-state index contributed by atoms with van der Waals surface area (Å²) in [5, 5.41) is 0. The molecular weight excluding hydrogens is 280 g/mol. The average Bonchev–Trinajstić information content (AvgIpc) is 2.99. The summed E-state index contributed by atoms with van der Waals surface area (Å²) in [5.74, 6) is 0. The van der Waals surface area contributed by atoms with Gasteiger partial charge in [0.15, 0.2) is 0 Å². The zero-order valence-electron chi connectivity index (χ0n) is 14.2. The first-order valence-electron chi connectivity index (χ1n) is 7.75. The number of anilines is 1. The summed E-state index contributed by atoms with van der Waals surface area (Å²) in [6.07, 6.45) is 0.914. The van der Waals surface area contributed by atoms with Gasteiger partial charge in [0, 0.05) is 31.9 Å². The molecule has 0 aromatic heterocycles. The molecule has 0 spiro atoms. The first-order valence-corrected chi connectivity index (χ1v) is 7.75. The Morgan fingerprint density at radius 2 is 1.48 bits per heavy atom. The molecule has 2 nitrogen and oxygen atoms in total. The third kappa shape index (κ3) is 3.78. The fourth-order valence-electron chi connectivity index (χ4n) is 2.67. The lowest BCUT2D eigenvalue weighted by atomic mass is 9.98. The molecule has 0 fully saturated rings. The maximum atomic E-state index is 4.76. The van der Waals surface area contributed by atoms with Crippen molar-refractivity contribution >= 4 is 17.0 Å². The normalized spacial score (nSPS) is 13.3. The monoisotopic (exact) mass is 304 g/mol. The molecule has 1 aliphatic heterocycles. The highest BCUT2D eigenvalue weighted by Crippen LogP contribution is 2.31. The number of rotatable bonds is 3. The van der Waals surface area contributed by atoms with Gasteiger partial charge in [-0.15, -0.1) is 13.2 Å². The van der Waals surface area contributed by atoms with Gasteiger partial charge in [-0.2, -0.15) is 0 Å². The van der Waals surface area contributed by atoms with Crippen molar-refractivity contribution in [2.75, 3.05) is 19.0 Å². The van der Waals surface area contributed by atoms with Crippen LogP contribution in [0.1, 0.15) is 24.5 Å². The molecule has 0 N–H and O–H groups in total. The second-order valence-electron chi connectivity index (χ2n) is 5.61. The van der Waals surface area contributed by atoms with Crippen molar-refractivity contribution in [2.24, 2.45) is 4.99 Å². The number of aliphatic imine (C=N–C) groups is 1. The van der Waals surface area contributed by atoms with E-state index in [9.17, 15) is 0 Å². The van der Waals surface area contributed by atoms with Gasteiger partial charge in [0.2, 0.25) is 0 Å². The Morgan fingerprint density at radius 3 is 2.04 bits per heavy atom. The van der Waals surface area contributed by atoms with Crippen LogP contribution in [-0.4, -0.2) is 19.8 Å². The smallest absolute Gasteiger partial charge is 0.0523 e. The van der Waals surface area contributed by atoms with Gasteiger partial charge in [0.25, 0.3) is 0 Å². The number of allylic oxidation sites excluding steroid dienone is 2. The Kier molecular flexibility index (Phi) is 5.53. The highest BCUT2D eigenvalue weighted by atomic mass is 15.1. The van der Waals surface area contributed by atoms with Gasteiger partial charge < -0.3 is 4.90 Å². The molecule has 0 unspecified atom stereocenters. The van der Waals surface area contributed by atoms with Crippen LogP contribution in [0.25, 0.3) is 5.57 Å². The van der Waals surface area contributed by atoms with E-state index in [4.69, 9.17) is 4.99 Å². The van der Waals surface area contributed by atoms with Crippen LogP contribution in [0.15, 0.2) is 78.4 Å². The van der Waals surface area contributed by atoms with Crippen molar-refractivity contribution < 1.29 is 0 Å². The van der Waals surface area contributed by atoms with Gasteiger partial charge in [-0.3, -0.25) is 4.99 Å². The van der Waals surface area contributed by atoms with Gasteiger partial charge in [0.1, 0.15) is 0 Å². The van der Waals surface area contributed by atoms with E-state index in [-0.39, 0.29) is 0 Å². The minimum Gasteiger partial charge on any atom is -0.378 e. The summed E-state index contributed by atoms with van der Waals surface area (Å²) in [6.45, 7) is 8.10. The van der Waals surface area contributed by atoms with Crippen LogP contribution in [0, 0.1) is 0 Å². The lowest BCUT2D eigenvalue weighted by Gasteiger charge is -2.13. The van der Waals surface area contributed by atoms with Crippen LogP contribution in [0.3, 0.4) is 0 Å². The number of nitrogens with zero attached hydrogens (tertiary/aromatic N) is 2. The van der Waals surface area contributed by atoms with Crippen molar-refractivity contribution in [2.45, 2.75) is 13.3 Å². The van der Waals surface area contributed by atoms with Gasteiger partial charge in [0.05, 0.1) is 5.71 Å². The van der Waals surface area contributed by atoms with Gasteiger partial charge in [-0.25, -0.2) is 0 Å². The Labute approximate surface area is 139 Å². The van der Waals surface area contributed by atoms with Crippen molar-refractivity contribution in [3.63, 3.8) is 0 Å². The van der Waals surface area contributed by atoms with E-state index in [2.05, 4.69) is 87.6 Å². The second-order valence-corrected chi connectivity index (χ2v) is 5.61. The Bertz CT molecular complexity index is 707. The van der Waals surface area contributed by atoms with Gasteiger partial charge in [-0.1, -0.05) is 42.5 Å². The first-order chi connectivity index (χ1) is 11.1. The maximum absolute atomic E-state index is 4.76. The summed E-state index contributed by atoms with van der Waals surface area (Å²) in [5.41, 5.74) is 7.34. The molecule has 3 rings (SSSR count). The lowest BCUT2D eigenvalue weighted by molar-refractivity contribution is 1.13. The van der Waals surface area contributed by atoms with Crippen LogP contribution >= 0.6 is 0 Å². The molecule has 0 radical (unpaired) electrons. The zero-order valence-corrected chi connectivity index (χ0v) is 14.2. The van der Waals surface area contributed by atoms with Gasteiger partial charge >= 0.3 is 0 Å². The SMILES string of the molecule is C=C.CC1=C(c2ccc(N(C)C)cc2)CC(c2ccccc2)=N1. The van der Waals surface area contributed by atoms with Crippen LogP contribution in [0.2, 0.25) is 0 Å². The number of benzene rings is 2. The highest BCUT2D eigenvalue weighted by molar-refractivity contribution is 6.09. The predicted molar refractivity (Wildman–Crippen MR) is 102 cm³/mol. The number of hydrogen-bond acceptors (Lipinski definition) is 2. The molecule has 1 heterocycles. The topological polar surface area (TPSA) is 15.6 Å². The average molecular weight is 304 g/mol. The molecule has 0 saturated carbocycles. The Morgan fingerprint density at radius 1 is 0.870 bits per heavy atom. The van der Waals surface area contributed by atoms with E-state index in [0.717, 1.165) is 12.1 Å². The van der Waals surface area contributed by atoms with E-state index >= 15 is 0 Å². The molecule has 118 valence electrons. The summed E-state index contributed by atoms with van der Waals surface area (Å²) < 4.78 is 0. The van der Waals surface area contributed by atoms with Crippen LogP contribution in [0.4, 0.5) is 5.69 Å². The molecule has 0 atom stereocenters. The summed E-state index contributed by atoms with van der Waals surface area (Å²) in [7, 11) is 4.12. The molecule has 0 aliphatic carbocycles. The third-order valence-electron chi connectivity index (χ3n) is 3.92. The van der Waals surface area contributed by atoms with E-state index in [1.807, 2.05) is 6.07 Å². The predicted octanol–water partition coefficient (Wildman–Crippen LogP) is 5.18. The van der Waals surface area contributed by atoms with Crippen molar-refractivity contribution in [1.82, 2.24) is 0 Å². The number of hydrogen-bond donors (Lipinski definition) is 0.